The molecule has 2 heterocycles. The molecule has 1 atom stereocenters. The molecule has 164 valence electrons. The Kier molecular flexibility index (Phi) is 7.91. The molecule has 0 radical (unpaired) electrons. The maximum Gasteiger partial charge on any atom is 0.208 e. The Bertz CT molecular complexity index is 816. The zero-order chi connectivity index (χ0) is 21.5. The Hall–Kier alpha value is -2.34. The molecule has 0 spiro atoms. The van der Waals surface area contributed by atoms with Gasteiger partial charge < -0.3 is 15.1 Å². The minimum atomic E-state index is 0.439. The first-order valence-electron chi connectivity index (χ1n) is 11.1. The van der Waals surface area contributed by atoms with E-state index in [-0.39, 0.29) is 0 Å². The van der Waals surface area contributed by atoms with Gasteiger partial charge in [-0.15, -0.1) is 0 Å². The third-order valence-electron chi connectivity index (χ3n) is 6.11. The van der Waals surface area contributed by atoms with Gasteiger partial charge in [0.1, 0.15) is 5.76 Å². The molecule has 2 N–H and O–H groups in total. The minimum Gasteiger partial charge on any atom is -0.444 e. The average Bonchev–Trinajstić information content (AvgIpc) is 3.05. The van der Waals surface area contributed by atoms with E-state index in [4.69, 9.17) is 4.42 Å². The number of nitrogens with zero attached hydrogens (tertiary/aromatic N) is 3. The van der Waals surface area contributed by atoms with Gasteiger partial charge in [0.2, 0.25) is 5.89 Å². The lowest BCUT2D eigenvalue weighted by Gasteiger charge is -2.31. The van der Waals surface area contributed by atoms with Gasteiger partial charge in [0, 0.05) is 20.1 Å². The molecule has 1 aliphatic heterocycles. The summed E-state index contributed by atoms with van der Waals surface area (Å²) in [7, 11) is 1.84. The summed E-state index contributed by atoms with van der Waals surface area (Å²) in [5.74, 6) is 3.77. The van der Waals surface area contributed by atoms with Crippen molar-refractivity contribution >= 4 is 5.96 Å². The first-order valence-corrected chi connectivity index (χ1v) is 11.1. The summed E-state index contributed by atoms with van der Waals surface area (Å²) in [4.78, 5) is 11.4. The summed E-state index contributed by atoms with van der Waals surface area (Å²) in [5.41, 5.74) is 3.67. The molecule has 3 rings (SSSR count). The van der Waals surface area contributed by atoms with Crippen molar-refractivity contribution in [2.24, 2.45) is 10.9 Å². The number of oxazole rings is 1. The highest BCUT2D eigenvalue weighted by Gasteiger charge is 2.21. The van der Waals surface area contributed by atoms with Gasteiger partial charge in [-0.25, -0.2) is 4.98 Å². The lowest BCUT2D eigenvalue weighted by atomic mass is 9.97. The molecule has 0 aliphatic carbocycles. The van der Waals surface area contributed by atoms with Crippen molar-refractivity contribution in [3.8, 4) is 0 Å². The number of benzene rings is 1. The number of rotatable bonds is 7. The van der Waals surface area contributed by atoms with E-state index in [1.54, 1.807) is 0 Å². The number of aliphatic imine (C=N–C) groups is 1. The third kappa shape index (κ3) is 6.33. The first kappa shape index (κ1) is 22.3. The van der Waals surface area contributed by atoms with E-state index in [0.717, 1.165) is 56.0 Å². The van der Waals surface area contributed by atoms with Crippen LogP contribution in [0.2, 0.25) is 0 Å². The Morgan fingerprint density at radius 1 is 1.23 bits per heavy atom. The summed E-state index contributed by atoms with van der Waals surface area (Å²) in [5, 5.41) is 7.01. The van der Waals surface area contributed by atoms with Crippen molar-refractivity contribution in [3.05, 3.63) is 52.7 Å². The maximum atomic E-state index is 5.73. The van der Waals surface area contributed by atoms with E-state index in [9.17, 15) is 0 Å². The fourth-order valence-corrected chi connectivity index (χ4v) is 3.95. The van der Waals surface area contributed by atoms with Crippen molar-refractivity contribution < 1.29 is 4.42 Å². The number of likely N-dealkylation sites (tertiary alicyclic amines) is 1. The number of guanidine groups is 1. The predicted molar refractivity (Wildman–Crippen MR) is 123 cm³/mol. The van der Waals surface area contributed by atoms with Crippen LogP contribution in [0.3, 0.4) is 0 Å². The summed E-state index contributed by atoms with van der Waals surface area (Å²) < 4.78 is 5.73. The summed E-state index contributed by atoms with van der Waals surface area (Å²) in [6.45, 7) is 13.2. The molecule has 1 fully saturated rings. The SMILES string of the molecule is CN=C(NCC1CCN(Cc2nc(C)c(C)o2)CC1)NCC(C)c1cccc(C)c1. The second-order valence-electron chi connectivity index (χ2n) is 8.62. The van der Waals surface area contributed by atoms with Crippen LogP contribution in [0.4, 0.5) is 0 Å². The largest absolute Gasteiger partial charge is 0.444 e. The first-order chi connectivity index (χ1) is 14.4. The lowest BCUT2D eigenvalue weighted by Crippen LogP contribution is -2.43. The van der Waals surface area contributed by atoms with Crippen LogP contribution in [-0.2, 0) is 6.54 Å². The van der Waals surface area contributed by atoms with Crippen LogP contribution in [0.1, 0.15) is 54.2 Å². The Morgan fingerprint density at radius 2 is 2.00 bits per heavy atom. The lowest BCUT2D eigenvalue weighted by molar-refractivity contribution is 0.164. The molecule has 0 bridgehead atoms. The molecule has 1 unspecified atom stereocenters. The number of hydrogen-bond acceptors (Lipinski definition) is 4. The standard InChI is InChI=1S/C24H37N5O/c1-17-7-6-8-22(13-17)18(2)14-26-24(25-5)27-15-21-9-11-29(12-10-21)16-23-28-19(3)20(4)30-23/h6-8,13,18,21H,9-12,14-16H2,1-5H3,(H2,25,26,27). The predicted octanol–water partition coefficient (Wildman–Crippen LogP) is 3.78. The van der Waals surface area contributed by atoms with E-state index in [2.05, 4.69) is 63.6 Å². The second kappa shape index (κ2) is 10.6. The van der Waals surface area contributed by atoms with Crippen LogP contribution in [0.25, 0.3) is 0 Å². The van der Waals surface area contributed by atoms with Gasteiger partial charge in [0.25, 0.3) is 0 Å². The van der Waals surface area contributed by atoms with E-state index < -0.39 is 0 Å². The molecule has 1 aromatic carbocycles. The molecule has 0 amide bonds. The van der Waals surface area contributed by atoms with Crippen molar-refractivity contribution in [1.29, 1.82) is 0 Å². The molecule has 1 aromatic heterocycles. The summed E-state index contributed by atoms with van der Waals surface area (Å²) >= 11 is 0. The molecule has 30 heavy (non-hydrogen) atoms. The van der Waals surface area contributed by atoms with Crippen molar-refractivity contribution in [2.75, 3.05) is 33.2 Å². The molecule has 1 aliphatic rings. The van der Waals surface area contributed by atoms with Crippen molar-refractivity contribution in [2.45, 2.75) is 53.0 Å². The van der Waals surface area contributed by atoms with Gasteiger partial charge >= 0.3 is 0 Å². The number of piperidine rings is 1. The van der Waals surface area contributed by atoms with Gasteiger partial charge in [0.15, 0.2) is 5.96 Å². The molecule has 6 heteroatoms. The van der Waals surface area contributed by atoms with E-state index >= 15 is 0 Å². The van der Waals surface area contributed by atoms with E-state index in [1.165, 1.54) is 24.0 Å². The van der Waals surface area contributed by atoms with Gasteiger partial charge in [0.05, 0.1) is 12.2 Å². The van der Waals surface area contributed by atoms with Gasteiger partial charge in [-0.2, -0.15) is 0 Å². The molecule has 2 aromatic rings. The zero-order valence-corrected chi connectivity index (χ0v) is 19.2. The third-order valence-corrected chi connectivity index (χ3v) is 6.11. The fourth-order valence-electron chi connectivity index (χ4n) is 3.95. The minimum absolute atomic E-state index is 0.439. The van der Waals surface area contributed by atoms with Gasteiger partial charge in [-0.3, -0.25) is 9.89 Å². The fraction of sp³-hybridized carbons (Fsp3) is 0.583. The summed E-state index contributed by atoms with van der Waals surface area (Å²) in [6.07, 6.45) is 2.37. The smallest absolute Gasteiger partial charge is 0.208 e. The van der Waals surface area contributed by atoms with Crippen LogP contribution < -0.4 is 10.6 Å². The highest BCUT2D eigenvalue weighted by molar-refractivity contribution is 5.79. The zero-order valence-electron chi connectivity index (χ0n) is 19.2. The van der Waals surface area contributed by atoms with Crippen LogP contribution in [-0.4, -0.2) is 49.1 Å². The van der Waals surface area contributed by atoms with Crippen molar-refractivity contribution in [1.82, 2.24) is 20.5 Å². The Morgan fingerprint density at radius 3 is 2.63 bits per heavy atom. The number of aromatic nitrogens is 1. The van der Waals surface area contributed by atoms with E-state index in [1.807, 2.05) is 20.9 Å². The number of hydrogen-bond donors (Lipinski definition) is 2. The highest BCUT2D eigenvalue weighted by Crippen LogP contribution is 2.19. The topological polar surface area (TPSA) is 65.7 Å². The highest BCUT2D eigenvalue weighted by atomic mass is 16.4. The van der Waals surface area contributed by atoms with Gasteiger partial charge in [-0.05, 0) is 64.1 Å². The molecule has 6 nitrogen and oxygen atoms in total. The number of aryl methyl sites for hydroxylation is 3. The molecular formula is C24H37N5O. The maximum absolute atomic E-state index is 5.73. The normalized spacial score (nSPS) is 17.2. The van der Waals surface area contributed by atoms with Crippen LogP contribution >= 0.6 is 0 Å². The van der Waals surface area contributed by atoms with Crippen molar-refractivity contribution in [3.63, 3.8) is 0 Å². The van der Waals surface area contributed by atoms with Crippen LogP contribution in [0.15, 0.2) is 33.7 Å². The summed E-state index contributed by atoms with van der Waals surface area (Å²) in [6, 6.07) is 8.73. The second-order valence-corrected chi connectivity index (χ2v) is 8.62. The monoisotopic (exact) mass is 411 g/mol. The number of nitrogens with one attached hydrogen (secondary N) is 2. The van der Waals surface area contributed by atoms with E-state index in [0.29, 0.717) is 11.8 Å². The average molecular weight is 412 g/mol. The molecular weight excluding hydrogens is 374 g/mol. The van der Waals surface area contributed by atoms with Crippen LogP contribution in [0.5, 0.6) is 0 Å². The molecule has 1 saturated heterocycles. The molecule has 0 saturated carbocycles. The Labute approximate surface area is 181 Å². The quantitative estimate of drug-likeness (QED) is 0.536. The van der Waals surface area contributed by atoms with Crippen LogP contribution in [0, 0.1) is 26.7 Å². The Balaban J connectivity index is 1.37. The van der Waals surface area contributed by atoms with Gasteiger partial charge in [-0.1, -0.05) is 36.8 Å².